The van der Waals surface area contributed by atoms with Gasteiger partial charge in [0.25, 0.3) is 0 Å². The fourth-order valence-corrected chi connectivity index (χ4v) is 2.77. The van der Waals surface area contributed by atoms with Crippen molar-refractivity contribution < 1.29 is 9.59 Å². The molecule has 26 heavy (non-hydrogen) atoms. The molecule has 0 heterocycles. The SMILES string of the molecule is O=C(/C=C/c1cc(Cl)ccc1Cl)NCc1cccc(NC(=O)C2CC2)c1. The van der Waals surface area contributed by atoms with Crippen LogP contribution in [0.3, 0.4) is 0 Å². The van der Waals surface area contributed by atoms with Gasteiger partial charge in [0, 0.05) is 34.3 Å². The quantitative estimate of drug-likeness (QED) is 0.706. The number of benzene rings is 2. The maximum absolute atomic E-state index is 12.0. The Labute approximate surface area is 162 Å². The summed E-state index contributed by atoms with van der Waals surface area (Å²) in [6.07, 6.45) is 4.96. The Morgan fingerprint density at radius 2 is 1.92 bits per heavy atom. The summed E-state index contributed by atoms with van der Waals surface area (Å²) >= 11 is 12.0. The zero-order valence-corrected chi connectivity index (χ0v) is 15.5. The number of hydrogen-bond acceptors (Lipinski definition) is 2. The molecule has 1 fully saturated rings. The summed E-state index contributed by atoms with van der Waals surface area (Å²) in [5.74, 6) is -0.0252. The van der Waals surface area contributed by atoms with E-state index in [0.717, 1.165) is 24.1 Å². The lowest BCUT2D eigenvalue weighted by Gasteiger charge is -2.07. The van der Waals surface area contributed by atoms with Crippen molar-refractivity contribution in [3.63, 3.8) is 0 Å². The highest BCUT2D eigenvalue weighted by Gasteiger charge is 2.29. The minimum atomic E-state index is -0.242. The zero-order chi connectivity index (χ0) is 18.5. The van der Waals surface area contributed by atoms with Crippen molar-refractivity contribution in [3.8, 4) is 0 Å². The van der Waals surface area contributed by atoms with Gasteiger partial charge in [0.1, 0.15) is 0 Å². The first-order chi connectivity index (χ1) is 12.5. The number of halogens is 2. The van der Waals surface area contributed by atoms with Crippen LogP contribution in [0.2, 0.25) is 10.0 Å². The van der Waals surface area contributed by atoms with Crippen LogP contribution in [0.1, 0.15) is 24.0 Å². The van der Waals surface area contributed by atoms with E-state index in [1.165, 1.54) is 6.08 Å². The smallest absolute Gasteiger partial charge is 0.244 e. The van der Waals surface area contributed by atoms with Crippen LogP contribution in [0, 0.1) is 5.92 Å². The first-order valence-electron chi connectivity index (χ1n) is 8.32. The van der Waals surface area contributed by atoms with Gasteiger partial charge >= 0.3 is 0 Å². The molecule has 0 saturated heterocycles. The largest absolute Gasteiger partial charge is 0.348 e. The fourth-order valence-electron chi connectivity index (χ4n) is 2.40. The van der Waals surface area contributed by atoms with Crippen LogP contribution < -0.4 is 10.6 Å². The van der Waals surface area contributed by atoms with Crippen LogP contribution in [-0.2, 0) is 16.1 Å². The van der Waals surface area contributed by atoms with Crippen LogP contribution in [0.4, 0.5) is 5.69 Å². The molecule has 0 atom stereocenters. The number of carbonyl (C=O) groups is 2. The Morgan fingerprint density at radius 3 is 2.69 bits per heavy atom. The van der Waals surface area contributed by atoms with E-state index >= 15 is 0 Å². The van der Waals surface area contributed by atoms with E-state index in [2.05, 4.69) is 10.6 Å². The highest BCUT2D eigenvalue weighted by Crippen LogP contribution is 2.30. The molecule has 134 valence electrons. The molecule has 0 aromatic heterocycles. The number of carbonyl (C=O) groups excluding carboxylic acids is 2. The molecular formula is C20H18Cl2N2O2. The van der Waals surface area contributed by atoms with Crippen molar-refractivity contribution in [1.82, 2.24) is 5.32 Å². The molecule has 2 amide bonds. The molecular weight excluding hydrogens is 371 g/mol. The molecule has 0 radical (unpaired) electrons. The predicted molar refractivity (Wildman–Crippen MR) is 105 cm³/mol. The van der Waals surface area contributed by atoms with Gasteiger partial charge in [-0.25, -0.2) is 0 Å². The van der Waals surface area contributed by atoms with Crippen LogP contribution in [0.15, 0.2) is 48.5 Å². The normalized spacial score (nSPS) is 13.6. The molecule has 1 saturated carbocycles. The summed E-state index contributed by atoms with van der Waals surface area (Å²) in [5, 5.41) is 6.78. The highest BCUT2D eigenvalue weighted by molar-refractivity contribution is 6.34. The monoisotopic (exact) mass is 388 g/mol. The Bertz CT molecular complexity index is 861. The van der Waals surface area contributed by atoms with Crippen molar-refractivity contribution in [1.29, 1.82) is 0 Å². The molecule has 1 aliphatic rings. The lowest BCUT2D eigenvalue weighted by atomic mass is 10.2. The van der Waals surface area contributed by atoms with Crippen molar-refractivity contribution in [2.75, 3.05) is 5.32 Å². The number of amides is 2. The van der Waals surface area contributed by atoms with Gasteiger partial charge in [-0.3, -0.25) is 9.59 Å². The second-order valence-electron chi connectivity index (χ2n) is 6.18. The zero-order valence-electron chi connectivity index (χ0n) is 14.0. The van der Waals surface area contributed by atoms with E-state index in [1.54, 1.807) is 24.3 Å². The van der Waals surface area contributed by atoms with Crippen molar-refractivity contribution in [3.05, 3.63) is 69.7 Å². The summed E-state index contributed by atoms with van der Waals surface area (Å²) in [5.41, 5.74) is 2.33. The fraction of sp³-hybridized carbons (Fsp3) is 0.200. The number of hydrogen-bond donors (Lipinski definition) is 2. The van der Waals surface area contributed by atoms with Crippen LogP contribution in [0.25, 0.3) is 6.08 Å². The average Bonchev–Trinajstić information content (AvgIpc) is 3.46. The third kappa shape index (κ3) is 5.35. The van der Waals surface area contributed by atoms with Gasteiger partial charge in [-0.05, 0) is 60.4 Å². The van der Waals surface area contributed by atoms with Gasteiger partial charge in [0.05, 0.1) is 0 Å². The number of rotatable bonds is 6. The first kappa shape index (κ1) is 18.5. The van der Waals surface area contributed by atoms with Crippen LogP contribution in [0.5, 0.6) is 0 Å². The first-order valence-corrected chi connectivity index (χ1v) is 9.07. The highest BCUT2D eigenvalue weighted by atomic mass is 35.5. The van der Waals surface area contributed by atoms with E-state index in [9.17, 15) is 9.59 Å². The van der Waals surface area contributed by atoms with Crippen molar-refractivity contribution in [2.45, 2.75) is 19.4 Å². The Kier molecular flexibility index (Phi) is 5.96. The minimum absolute atomic E-state index is 0.0625. The standard InChI is InChI=1S/C20H18Cl2N2O2/c21-16-7-8-18(22)15(11-16)6-9-19(25)23-12-13-2-1-3-17(10-13)24-20(26)14-4-5-14/h1-3,6-11,14H,4-5,12H2,(H,23,25)(H,24,26)/b9-6+. The van der Waals surface area contributed by atoms with E-state index in [0.29, 0.717) is 22.2 Å². The summed E-state index contributed by atoms with van der Waals surface area (Å²) in [6, 6.07) is 12.5. The average molecular weight is 389 g/mol. The van der Waals surface area contributed by atoms with Gasteiger partial charge in [0.15, 0.2) is 0 Å². The Hall–Kier alpha value is -2.30. The van der Waals surface area contributed by atoms with Gasteiger partial charge in [-0.1, -0.05) is 35.3 Å². The van der Waals surface area contributed by atoms with Crippen LogP contribution in [-0.4, -0.2) is 11.8 Å². The van der Waals surface area contributed by atoms with Gasteiger partial charge in [-0.15, -0.1) is 0 Å². The Morgan fingerprint density at radius 1 is 1.12 bits per heavy atom. The molecule has 0 aliphatic heterocycles. The lowest BCUT2D eigenvalue weighted by Crippen LogP contribution is -2.20. The molecule has 2 aromatic carbocycles. The van der Waals surface area contributed by atoms with Gasteiger partial charge in [0.2, 0.25) is 11.8 Å². The molecule has 2 aromatic rings. The van der Waals surface area contributed by atoms with Crippen molar-refractivity contribution in [2.24, 2.45) is 5.92 Å². The van der Waals surface area contributed by atoms with Crippen LogP contribution >= 0.6 is 23.2 Å². The van der Waals surface area contributed by atoms with E-state index < -0.39 is 0 Å². The summed E-state index contributed by atoms with van der Waals surface area (Å²) < 4.78 is 0. The molecule has 2 N–H and O–H groups in total. The van der Waals surface area contributed by atoms with Gasteiger partial charge in [-0.2, -0.15) is 0 Å². The van der Waals surface area contributed by atoms with Crippen molar-refractivity contribution >= 4 is 46.8 Å². The molecule has 0 unspecified atom stereocenters. The topological polar surface area (TPSA) is 58.2 Å². The third-order valence-corrected chi connectivity index (χ3v) is 4.56. The molecule has 0 spiro atoms. The number of nitrogens with one attached hydrogen (secondary N) is 2. The van der Waals surface area contributed by atoms with E-state index in [1.807, 2.05) is 24.3 Å². The second-order valence-corrected chi connectivity index (χ2v) is 7.02. The molecule has 6 heteroatoms. The van der Waals surface area contributed by atoms with E-state index in [4.69, 9.17) is 23.2 Å². The molecule has 1 aliphatic carbocycles. The third-order valence-electron chi connectivity index (χ3n) is 3.98. The summed E-state index contributed by atoms with van der Waals surface area (Å²) in [4.78, 5) is 23.8. The molecule has 4 nitrogen and oxygen atoms in total. The lowest BCUT2D eigenvalue weighted by molar-refractivity contribution is -0.117. The van der Waals surface area contributed by atoms with Gasteiger partial charge < -0.3 is 10.6 Å². The maximum Gasteiger partial charge on any atom is 0.244 e. The minimum Gasteiger partial charge on any atom is -0.348 e. The number of anilines is 1. The summed E-state index contributed by atoms with van der Waals surface area (Å²) in [7, 11) is 0. The maximum atomic E-state index is 12.0. The summed E-state index contributed by atoms with van der Waals surface area (Å²) in [6.45, 7) is 0.361. The Balaban J connectivity index is 1.54. The molecule has 0 bridgehead atoms. The molecule has 3 rings (SSSR count). The van der Waals surface area contributed by atoms with E-state index in [-0.39, 0.29) is 17.7 Å². The predicted octanol–water partition coefficient (Wildman–Crippen LogP) is 4.67. The second kappa shape index (κ2) is 8.39.